The number of aromatic amines is 1. The number of nitrogens with zero attached hydrogens (tertiary/aromatic N) is 1. The number of carbonyl (C=O) groups excluding carboxylic acids is 1. The average molecular weight is 497 g/mol. The molecule has 6 rings (SSSR count). The Bertz CT molecular complexity index is 1490. The number of hydrogen-bond donors (Lipinski definition) is 3. The Labute approximate surface area is 216 Å². The van der Waals surface area contributed by atoms with Crippen LogP contribution < -0.4 is 5.56 Å². The molecule has 2 fully saturated rings. The van der Waals surface area contributed by atoms with E-state index in [0.717, 1.165) is 40.9 Å². The molecule has 0 amide bonds. The van der Waals surface area contributed by atoms with Gasteiger partial charge in [0.2, 0.25) is 0 Å². The van der Waals surface area contributed by atoms with E-state index < -0.39 is 16.6 Å². The van der Waals surface area contributed by atoms with Crippen LogP contribution in [0.5, 0.6) is 5.75 Å². The maximum Gasteiger partial charge on any atom is 0.259 e. The number of Topliss-reactive ketones (excluding diaryl/α,β-unsaturated/α-hetero) is 1. The maximum absolute atomic E-state index is 13.3. The number of likely N-dealkylation sites (tertiary alicyclic amines) is 1. The van der Waals surface area contributed by atoms with E-state index >= 15 is 0 Å². The normalized spacial score (nSPS) is 28.1. The summed E-state index contributed by atoms with van der Waals surface area (Å²) >= 11 is 0. The monoisotopic (exact) mass is 496 g/mol. The van der Waals surface area contributed by atoms with Crippen molar-refractivity contribution in [2.45, 2.75) is 49.7 Å². The van der Waals surface area contributed by atoms with Gasteiger partial charge in [-0.15, -0.1) is 0 Å². The molecule has 4 unspecified atom stereocenters. The number of fused-ring (bicyclic) bond motifs is 4. The van der Waals surface area contributed by atoms with Gasteiger partial charge in [0.1, 0.15) is 5.75 Å². The molecule has 1 saturated heterocycles. The number of aromatic nitrogens is 1. The number of phenolic OH excluding ortho intramolecular Hbond substituents is 1. The summed E-state index contributed by atoms with van der Waals surface area (Å²) in [4.78, 5) is 31.7. The second-order valence-corrected chi connectivity index (χ2v) is 11.3. The van der Waals surface area contributed by atoms with E-state index in [1.54, 1.807) is 18.2 Å². The van der Waals surface area contributed by atoms with Crippen LogP contribution in [0.4, 0.5) is 0 Å². The summed E-state index contributed by atoms with van der Waals surface area (Å²) in [5.74, 6) is 0.122. The zero-order valence-electron chi connectivity index (χ0n) is 21.3. The Morgan fingerprint density at radius 2 is 1.92 bits per heavy atom. The van der Waals surface area contributed by atoms with Crippen molar-refractivity contribution in [2.75, 3.05) is 13.6 Å². The number of allylic oxidation sites excluding steroid dienone is 1. The van der Waals surface area contributed by atoms with Gasteiger partial charge in [-0.05, 0) is 72.3 Å². The Kier molecular flexibility index (Phi) is 5.34. The van der Waals surface area contributed by atoms with E-state index in [9.17, 15) is 19.8 Å². The standard InChI is InChI=1S/C31H32N2O4/c1-18-9-10-23(34)13-25(18)30-14-22-17-33(3)28(22)31(30,37)15-21-12-24(29(36)32-26(21)16-30)27(35)19(2)11-20-7-5-4-6-8-20/h4-10,12-13,22,28,34,37H,2,11,14-17H2,1,3H3,(H,32,36). The number of aliphatic hydroxyl groups is 1. The highest BCUT2D eigenvalue weighted by atomic mass is 16.3. The third-order valence-corrected chi connectivity index (χ3v) is 9.09. The van der Waals surface area contributed by atoms with Crippen LogP contribution in [-0.2, 0) is 24.7 Å². The summed E-state index contributed by atoms with van der Waals surface area (Å²) in [6.45, 7) is 6.89. The number of likely N-dealkylation sites (N-methyl/N-ethyl adjacent to an activating group) is 1. The lowest BCUT2D eigenvalue weighted by Crippen LogP contribution is -2.67. The molecule has 4 atom stereocenters. The van der Waals surface area contributed by atoms with E-state index in [4.69, 9.17) is 0 Å². The summed E-state index contributed by atoms with van der Waals surface area (Å²) in [5.41, 5.74) is 2.71. The predicted molar refractivity (Wildman–Crippen MR) is 142 cm³/mol. The van der Waals surface area contributed by atoms with Crippen LogP contribution in [0.2, 0.25) is 0 Å². The third kappa shape index (κ3) is 3.46. The highest BCUT2D eigenvalue weighted by Gasteiger charge is 2.70. The minimum absolute atomic E-state index is 0.0264. The van der Waals surface area contributed by atoms with Gasteiger partial charge in [0.25, 0.3) is 5.56 Å². The molecular weight excluding hydrogens is 464 g/mol. The Hall–Kier alpha value is -3.48. The lowest BCUT2D eigenvalue weighted by atomic mass is 9.59. The topological polar surface area (TPSA) is 93.6 Å². The number of H-pyrrole nitrogens is 1. The molecule has 2 aliphatic carbocycles. The van der Waals surface area contributed by atoms with Crippen molar-refractivity contribution in [3.63, 3.8) is 0 Å². The van der Waals surface area contributed by atoms with Gasteiger partial charge in [-0.1, -0.05) is 43.0 Å². The summed E-state index contributed by atoms with van der Waals surface area (Å²) in [6.07, 6.45) is 1.91. The number of carbonyl (C=O) groups is 1. The van der Waals surface area contributed by atoms with Crippen molar-refractivity contribution in [1.29, 1.82) is 0 Å². The van der Waals surface area contributed by atoms with Crippen molar-refractivity contribution in [3.05, 3.63) is 111 Å². The molecular formula is C31H32N2O4. The van der Waals surface area contributed by atoms with Crippen molar-refractivity contribution < 1.29 is 15.0 Å². The van der Waals surface area contributed by atoms with E-state index in [1.807, 2.05) is 50.4 Å². The Morgan fingerprint density at radius 3 is 2.65 bits per heavy atom. The summed E-state index contributed by atoms with van der Waals surface area (Å²) in [5, 5.41) is 22.9. The van der Waals surface area contributed by atoms with Crippen molar-refractivity contribution >= 4 is 5.78 Å². The first-order valence-corrected chi connectivity index (χ1v) is 12.9. The molecule has 1 aromatic heterocycles. The van der Waals surface area contributed by atoms with Crippen molar-refractivity contribution in [1.82, 2.24) is 9.88 Å². The molecule has 0 radical (unpaired) electrons. The molecule has 37 heavy (non-hydrogen) atoms. The molecule has 0 spiro atoms. The fourth-order valence-corrected chi connectivity index (χ4v) is 7.51. The van der Waals surface area contributed by atoms with E-state index in [2.05, 4.69) is 16.5 Å². The molecule has 6 nitrogen and oxygen atoms in total. The van der Waals surface area contributed by atoms with Crippen LogP contribution >= 0.6 is 0 Å². The molecule has 6 heteroatoms. The van der Waals surface area contributed by atoms with Crippen LogP contribution in [-0.4, -0.2) is 51.1 Å². The number of benzene rings is 2. The first-order valence-electron chi connectivity index (χ1n) is 12.9. The number of nitrogens with one attached hydrogen (secondary N) is 1. The Balaban J connectivity index is 1.42. The third-order valence-electron chi connectivity index (χ3n) is 9.09. The largest absolute Gasteiger partial charge is 0.508 e. The number of hydrogen-bond acceptors (Lipinski definition) is 5. The lowest BCUT2D eigenvalue weighted by molar-refractivity contribution is -0.108. The second-order valence-electron chi connectivity index (χ2n) is 11.3. The fraction of sp³-hybridized carbons (Fsp3) is 0.355. The molecule has 1 aliphatic heterocycles. The van der Waals surface area contributed by atoms with Crippen molar-refractivity contribution in [3.8, 4) is 5.75 Å². The predicted octanol–water partition coefficient (Wildman–Crippen LogP) is 3.47. The van der Waals surface area contributed by atoms with Crippen molar-refractivity contribution in [2.24, 2.45) is 5.92 Å². The van der Waals surface area contributed by atoms with E-state index in [-0.39, 0.29) is 23.1 Å². The first kappa shape index (κ1) is 23.9. The SMILES string of the molecule is C=C(Cc1ccccc1)C(=O)c1cc2c([nH]c1=O)CC1(c3cc(O)ccc3C)CC3CN(C)C3C1(O)C2. The molecule has 0 bridgehead atoms. The van der Waals surface area contributed by atoms with Gasteiger partial charge in [-0.3, -0.25) is 14.5 Å². The summed E-state index contributed by atoms with van der Waals surface area (Å²) in [7, 11) is 2.04. The number of pyridine rings is 1. The summed E-state index contributed by atoms with van der Waals surface area (Å²) < 4.78 is 0. The van der Waals surface area contributed by atoms with Gasteiger partial charge in [-0.25, -0.2) is 0 Å². The minimum atomic E-state index is -1.10. The molecule has 1 saturated carbocycles. The van der Waals surface area contributed by atoms with Crippen LogP contribution in [0, 0.1) is 12.8 Å². The van der Waals surface area contributed by atoms with Gasteiger partial charge in [-0.2, -0.15) is 0 Å². The van der Waals surface area contributed by atoms with Gasteiger partial charge in [0.05, 0.1) is 11.2 Å². The summed E-state index contributed by atoms with van der Waals surface area (Å²) in [6, 6.07) is 16.6. The molecule has 2 aromatic carbocycles. The molecule has 3 aromatic rings. The van der Waals surface area contributed by atoms with Gasteiger partial charge in [0, 0.05) is 43.0 Å². The number of aryl methyl sites for hydroxylation is 1. The average Bonchev–Trinajstić information content (AvgIpc) is 3.06. The zero-order valence-corrected chi connectivity index (χ0v) is 21.3. The van der Waals surface area contributed by atoms with Crippen LogP contribution in [0.3, 0.4) is 0 Å². The van der Waals surface area contributed by atoms with Gasteiger partial charge < -0.3 is 15.2 Å². The van der Waals surface area contributed by atoms with Gasteiger partial charge >= 0.3 is 0 Å². The number of rotatable bonds is 5. The first-order chi connectivity index (χ1) is 17.6. The molecule has 2 heterocycles. The zero-order chi connectivity index (χ0) is 26.1. The second kappa shape index (κ2) is 8.27. The maximum atomic E-state index is 13.3. The lowest BCUT2D eigenvalue weighted by Gasteiger charge is -2.53. The van der Waals surface area contributed by atoms with Crippen LogP contribution in [0.15, 0.2) is 71.5 Å². The molecule has 3 aliphatic rings. The number of aromatic hydroxyl groups is 1. The van der Waals surface area contributed by atoms with E-state index in [0.29, 0.717) is 30.8 Å². The van der Waals surface area contributed by atoms with Gasteiger partial charge in [0.15, 0.2) is 5.78 Å². The number of phenols is 1. The molecule has 190 valence electrons. The highest BCUT2D eigenvalue weighted by Crippen LogP contribution is 2.61. The smallest absolute Gasteiger partial charge is 0.259 e. The Morgan fingerprint density at radius 1 is 1.16 bits per heavy atom. The van der Waals surface area contributed by atoms with Crippen LogP contribution in [0.25, 0.3) is 0 Å². The minimum Gasteiger partial charge on any atom is -0.508 e. The molecule has 3 N–H and O–H groups in total. The van der Waals surface area contributed by atoms with Crippen LogP contribution in [0.1, 0.15) is 44.7 Å². The van der Waals surface area contributed by atoms with E-state index in [1.165, 1.54) is 0 Å². The number of ketones is 1. The fourth-order valence-electron chi connectivity index (χ4n) is 7.51. The quantitative estimate of drug-likeness (QED) is 0.372. The highest BCUT2D eigenvalue weighted by molar-refractivity contribution is 6.08.